The zero-order valence-electron chi connectivity index (χ0n) is 10.8. The van der Waals surface area contributed by atoms with Crippen LogP contribution in [0.5, 0.6) is 5.75 Å². The Morgan fingerprint density at radius 2 is 2.20 bits per heavy atom. The van der Waals surface area contributed by atoms with Crippen molar-refractivity contribution in [2.24, 2.45) is 0 Å². The molecule has 0 N–H and O–H groups in total. The molecule has 1 aromatic rings. The summed E-state index contributed by atoms with van der Waals surface area (Å²) in [6.45, 7) is 1.61. The predicted octanol–water partition coefficient (Wildman–Crippen LogP) is 2.04. The summed E-state index contributed by atoms with van der Waals surface area (Å²) in [5.41, 5.74) is -1.66. The standard InChI is InChI=1S/C11H12F2N2O5/c1-3-20-8(16)4-6-9(11(12)13)14-5-7(15(17)18)10(6)19-2/h5,11H,3-4H2,1-2H3. The van der Waals surface area contributed by atoms with Gasteiger partial charge in [-0.3, -0.25) is 14.9 Å². The Morgan fingerprint density at radius 3 is 2.65 bits per heavy atom. The van der Waals surface area contributed by atoms with Crippen molar-refractivity contribution in [3.63, 3.8) is 0 Å². The number of carbonyl (C=O) groups excluding carboxylic acids is 1. The van der Waals surface area contributed by atoms with Gasteiger partial charge in [-0.05, 0) is 6.92 Å². The Kier molecular flexibility index (Phi) is 5.30. The second-order valence-electron chi connectivity index (χ2n) is 3.58. The van der Waals surface area contributed by atoms with Gasteiger partial charge in [-0.1, -0.05) is 0 Å². The minimum atomic E-state index is -2.99. The lowest BCUT2D eigenvalue weighted by Crippen LogP contribution is -2.13. The van der Waals surface area contributed by atoms with E-state index in [2.05, 4.69) is 9.72 Å². The van der Waals surface area contributed by atoms with Gasteiger partial charge in [0.1, 0.15) is 11.9 Å². The fraction of sp³-hybridized carbons (Fsp3) is 0.455. The Balaban J connectivity index is 3.36. The van der Waals surface area contributed by atoms with Crippen molar-refractivity contribution in [1.82, 2.24) is 4.98 Å². The molecule has 0 aliphatic heterocycles. The van der Waals surface area contributed by atoms with Crippen LogP contribution < -0.4 is 4.74 Å². The smallest absolute Gasteiger partial charge is 0.329 e. The fourth-order valence-electron chi connectivity index (χ4n) is 1.61. The number of alkyl halides is 2. The highest BCUT2D eigenvalue weighted by Crippen LogP contribution is 2.35. The van der Waals surface area contributed by atoms with Crippen molar-refractivity contribution in [2.75, 3.05) is 13.7 Å². The van der Waals surface area contributed by atoms with Crippen LogP contribution in [0.2, 0.25) is 0 Å². The second-order valence-corrected chi connectivity index (χ2v) is 3.58. The molecule has 1 aromatic heterocycles. The van der Waals surface area contributed by atoms with Gasteiger partial charge in [0.15, 0.2) is 0 Å². The molecule has 0 aliphatic carbocycles. The van der Waals surface area contributed by atoms with Gasteiger partial charge in [-0.15, -0.1) is 0 Å². The number of nitro groups is 1. The third-order valence-electron chi connectivity index (χ3n) is 2.38. The number of pyridine rings is 1. The van der Waals surface area contributed by atoms with Crippen LogP contribution >= 0.6 is 0 Å². The molecular formula is C11H12F2N2O5. The van der Waals surface area contributed by atoms with Crippen LogP contribution in [-0.4, -0.2) is 29.6 Å². The third-order valence-corrected chi connectivity index (χ3v) is 2.38. The van der Waals surface area contributed by atoms with Crippen LogP contribution in [0, 0.1) is 10.1 Å². The molecule has 1 rings (SSSR count). The number of esters is 1. The van der Waals surface area contributed by atoms with Gasteiger partial charge in [0, 0.05) is 5.56 Å². The van der Waals surface area contributed by atoms with Gasteiger partial charge in [-0.2, -0.15) is 0 Å². The van der Waals surface area contributed by atoms with Crippen LogP contribution in [-0.2, 0) is 16.0 Å². The number of ether oxygens (including phenoxy) is 2. The summed E-state index contributed by atoms with van der Waals surface area (Å²) in [7, 11) is 1.09. The molecule has 7 nitrogen and oxygen atoms in total. The summed E-state index contributed by atoms with van der Waals surface area (Å²) in [4.78, 5) is 24.7. The number of carbonyl (C=O) groups is 1. The quantitative estimate of drug-likeness (QED) is 0.452. The van der Waals surface area contributed by atoms with E-state index in [0.717, 1.165) is 7.11 Å². The van der Waals surface area contributed by atoms with Crippen molar-refractivity contribution < 1.29 is 28.0 Å². The largest absolute Gasteiger partial charge is 0.490 e. The molecule has 0 atom stereocenters. The van der Waals surface area contributed by atoms with Crippen molar-refractivity contribution in [2.45, 2.75) is 19.8 Å². The van der Waals surface area contributed by atoms with Gasteiger partial charge >= 0.3 is 11.7 Å². The summed E-state index contributed by atoms with van der Waals surface area (Å²) in [5, 5.41) is 10.8. The molecule has 0 saturated carbocycles. The Bertz CT molecular complexity index is 522. The maximum absolute atomic E-state index is 12.9. The molecular weight excluding hydrogens is 278 g/mol. The first kappa shape index (κ1) is 15.7. The molecule has 0 amide bonds. The average molecular weight is 290 g/mol. The highest BCUT2D eigenvalue weighted by Gasteiger charge is 2.28. The Hall–Kier alpha value is -2.32. The first-order valence-electron chi connectivity index (χ1n) is 5.56. The van der Waals surface area contributed by atoms with E-state index in [1.165, 1.54) is 0 Å². The van der Waals surface area contributed by atoms with E-state index in [9.17, 15) is 23.7 Å². The van der Waals surface area contributed by atoms with E-state index >= 15 is 0 Å². The molecule has 0 aromatic carbocycles. The molecule has 0 radical (unpaired) electrons. The molecule has 0 spiro atoms. The molecule has 0 fully saturated rings. The Morgan fingerprint density at radius 1 is 1.55 bits per heavy atom. The van der Waals surface area contributed by atoms with Crippen LogP contribution in [0.15, 0.2) is 6.20 Å². The van der Waals surface area contributed by atoms with E-state index in [-0.39, 0.29) is 12.2 Å². The monoisotopic (exact) mass is 290 g/mol. The topological polar surface area (TPSA) is 91.6 Å². The van der Waals surface area contributed by atoms with Crippen molar-refractivity contribution in [3.05, 3.63) is 27.6 Å². The first-order valence-corrected chi connectivity index (χ1v) is 5.56. The highest BCUT2D eigenvalue weighted by atomic mass is 19.3. The lowest BCUT2D eigenvalue weighted by molar-refractivity contribution is -0.386. The van der Waals surface area contributed by atoms with E-state index in [0.29, 0.717) is 6.20 Å². The molecule has 9 heteroatoms. The van der Waals surface area contributed by atoms with Gasteiger partial charge in [0.25, 0.3) is 6.43 Å². The van der Waals surface area contributed by atoms with Crippen molar-refractivity contribution in [3.8, 4) is 5.75 Å². The normalized spacial score (nSPS) is 10.4. The number of rotatable bonds is 6. The van der Waals surface area contributed by atoms with Crippen LogP contribution in [0.1, 0.15) is 24.6 Å². The first-order chi connectivity index (χ1) is 9.42. The average Bonchev–Trinajstić information content (AvgIpc) is 2.37. The van der Waals surface area contributed by atoms with E-state index in [4.69, 9.17) is 4.74 Å². The van der Waals surface area contributed by atoms with E-state index < -0.39 is 40.9 Å². The summed E-state index contributed by atoms with van der Waals surface area (Å²) < 4.78 is 35.2. The Labute approximate surface area is 112 Å². The summed E-state index contributed by atoms with van der Waals surface area (Å²) >= 11 is 0. The minimum Gasteiger partial charge on any atom is -0.490 e. The van der Waals surface area contributed by atoms with E-state index in [1.54, 1.807) is 6.92 Å². The summed E-state index contributed by atoms with van der Waals surface area (Å²) in [6, 6.07) is 0. The van der Waals surface area contributed by atoms with Gasteiger partial charge < -0.3 is 9.47 Å². The lowest BCUT2D eigenvalue weighted by atomic mass is 10.1. The molecule has 0 saturated heterocycles. The number of methoxy groups -OCH3 is 1. The van der Waals surface area contributed by atoms with Gasteiger partial charge in [0.2, 0.25) is 5.75 Å². The number of hydrogen-bond acceptors (Lipinski definition) is 6. The van der Waals surface area contributed by atoms with E-state index in [1.807, 2.05) is 0 Å². The zero-order chi connectivity index (χ0) is 15.3. The maximum atomic E-state index is 12.9. The number of halogens is 2. The number of aromatic nitrogens is 1. The molecule has 0 unspecified atom stereocenters. The molecule has 110 valence electrons. The number of nitrogens with zero attached hydrogens (tertiary/aromatic N) is 2. The highest BCUT2D eigenvalue weighted by molar-refractivity contribution is 5.75. The molecule has 20 heavy (non-hydrogen) atoms. The van der Waals surface area contributed by atoms with Gasteiger partial charge in [-0.25, -0.2) is 13.8 Å². The van der Waals surface area contributed by atoms with Crippen LogP contribution in [0.3, 0.4) is 0 Å². The second kappa shape index (κ2) is 6.73. The predicted molar refractivity (Wildman–Crippen MR) is 62.7 cm³/mol. The minimum absolute atomic E-state index is 0.0630. The molecule has 1 heterocycles. The number of hydrogen-bond donors (Lipinski definition) is 0. The molecule has 0 bridgehead atoms. The fourth-order valence-corrected chi connectivity index (χ4v) is 1.61. The SMILES string of the molecule is CCOC(=O)Cc1c(C(F)F)ncc([N+](=O)[O-])c1OC. The van der Waals surface area contributed by atoms with Crippen molar-refractivity contribution >= 4 is 11.7 Å². The van der Waals surface area contributed by atoms with Gasteiger partial charge in [0.05, 0.1) is 25.1 Å². The summed E-state index contributed by atoms with van der Waals surface area (Å²) in [6.07, 6.45) is -2.89. The zero-order valence-corrected chi connectivity index (χ0v) is 10.8. The lowest BCUT2D eigenvalue weighted by Gasteiger charge is -2.12. The summed E-state index contributed by atoms with van der Waals surface area (Å²) in [5.74, 6) is -1.21. The van der Waals surface area contributed by atoms with Crippen LogP contribution in [0.25, 0.3) is 0 Å². The third kappa shape index (κ3) is 3.37. The van der Waals surface area contributed by atoms with Crippen molar-refractivity contribution in [1.29, 1.82) is 0 Å². The van der Waals surface area contributed by atoms with Crippen LogP contribution in [0.4, 0.5) is 14.5 Å². The maximum Gasteiger partial charge on any atom is 0.329 e. The molecule has 0 aliphatic rings.